The highest BCUT2D eigenvalue weighted by atomic mass is 32.1. The highest BCUT2D eigenvalue weighted by Gasteiger charge is 2.31. The van der Waals surface area contributed by atoms with Gasteiger partial charge >= 0.3 is 0 Å². The molecule has 2 aliphatic heterocycles. The van der Waals surface area contributed by atoms with Crippen molar-refractivity contribution in [2.45, 2.75) is 38.1 Å². The number of H-pyrrole nitrogens is 1. The highest BCUT2D eigenvalue weighted by molar-refractivity contribution is 7.15. The molecule has 164 valence electrons. The minimum atomic E-state index is 0.181. The van der Waals surface area contributed by atoms with Gasteiger partial charge in [0.25, 0.3) is 0 Å². The lowest BCUT2D eigenvalue weighted by Crippen LogP contribution is -2.33. The molecule has 0 bridgehead atoms. The Bertz CT molecular complexity index is 1270. The average molecular weight is 447 g/mol. The number of aromatic amines is 1. The summed E-state index contributed by atoms with van der Waals surface area (Å²) in [5.41, 5.74) is 4.67. The number of aromatic nitrogens is 4. The molecule has 0 amide bonds. The van der Waals surface area contributed by atoms with E-state index < -0.39 is 0 Å². The molecule has 0 unspecified atom stereocenters. The third-order valence-corrected chi connectivity index (χ3v) is 8.04. The molecule has 8 heteroatoms. The van der Waals surface area contributed by atoms with Gasteiger partial charge in [0.15, 0.2) is 10.8 Å². The molecule has 32 heavy (non-hydrogen) atoms. The Morgan fingerprint density at radius 1 is 1.16 bits per heavy atom. The van der Waals surface area contributed by atoms with Crippen LogP contribution < -0.4 is 10.2 Å². The molecular weight excluding hydrogens is 420 g/mol. The van der Waals surface area contributed by atoms with Crippen LogP contribution in [0.3, 0.4) is 0 Å². The van der Waals surface area contributed by atoms with E-state index in [9.17, 15) is 5.11 Å². The Morgan fingerprint density at radius 2 is 2.00 bits per heavy atom. The van der Waals surface area contributed by atoms with Gasteiger partial charge in [-0.25, -0.2) is 4.98 Å². The normalized spacial score (nSPS) is 19.4. The second kappa shape index (κ2) is 7.86. The number of rotatable bonds is 3. The first kappa shape index (κ1) is 19.7. The van der Waals surface area contributed by atoms with E-state index in [1.165, 1.54) is 29.0 Å². The van der Waals surface area contributed by atoms with Crippen molar-refractivity contribution in [3.63, 3.8) is 0 Å². The predicted molar refractivity (Wildman–Crippen MR) is 127 cm³/mol. The summed E-state index contributed by atoms with van der Waals surface area (Å²) in [6.07, 6.45) is 5.40. The lowest BCUT2D eigenvalue weighted by Gasteiger charge is -2.33. The Balaban J connectivity index is 1.36. The van der Waals surface area contributed by atoms with Crippen LogP contribution in [0, 0.1) is 0 Å². The van der Waals surface area contributed by atoms with Crippen molar-refractivity contribution in [2.24, 2.45) is 0 Å². The number of thiazole rings is 1. The van der Waals surface area contributed by atoms with Crippen molar-refractivity contribution in [1.82, 2.24) is 25.5 Å². The SMILES string of the molecule is C[C@@H]1c2c([nH]c3nnc(-c4ccccc4O)cc23)CCN1c1ncc(C2CCNCC2)s1. The molecule has 0 spiro atoms. The highest BCUT2D eigenvalue weighted by Crippen LogP contribution is 2.41. The lowest BCUT2D eigenvalue weighted by molar-refractivity contribution is 0.465. The van der Waals surface area contributed by atoms with Gasteiger partial charge < -0.3 is 20.3 Å². The van der Waals surface area contributed by atoms with Crippen molar-refractivity contribution < 1.29 is 5.11 Å². The van der Waals surface area contributed by atoms with E-state index in [-0.39, 0.29) is 11.8 Å². The quantitative estimate of drug-likeness (QED) is 0.433. The number of benzene rings is 1. The maximum Gasteiger partial charge on any atom is 0.186 e. The number of fused-ring (bicyclic) bond motifs is 3. The zero-order valence-corrected chi connectivity index (χ0v) is 18.8. The number of aromatic hydroxyl groups is 1. The number of nitrogens with zero attached hydrogens (tertiary/aromatic N) is 4. The molecule has 5 heterocycles. The fourth-order valence-electron chi connectivity index (χ4n) is 5.11. The van der Waals surface area contributed by atoms with Gasteiger partial charge in [-0.15, -0.1) is 21.5 Å². The van der Waals surface area contributed by atoms with Crippen molar-refractivity contribution in [2.75, 3.05) is 24.5 Å². The molecule has 4 aromatic rings. The topological polar surface area (TPSA) is 90.0 Å². The van der Waals surface area contributed by atoms with E-state index >= 15 is 0 Å². The van der Waals surface area contributed by atoms with Gasteiger partial charge in [0.05, 0.1) is 11.7 Å². The van der Waals surface area contributed by atoms with E-state index in [1.54, 1.807) is 6.07 Å². The lowest BCUT2D eigenvalue weighted by atomic mass is 9.97. The standard InChI is InChI=1S/C24H26N6OS/c1-14-22-17-12-19(16-4-2-3-5-20(16)31)28-29-23(17)27-18(22)8-11-30(14)24-26-13-21(32-24)15-6-9-25-10-7-15/h2-5,12-15,25,31H,6-11H2,1H3,(H,27,29)/t14-/m1/s1. The van der Waals surface area contributed by atoms with Gasteiger partial charge in [0.2, 0.25) is 0 Å². The van der Waals surface area contributed by atoms with Crippen molar-refractivity contribution in [1.29, 1.82) is 0 Å². The number of anilines is 1. The maximum absolute atomic E-state index is 10.3. The smallest absolute Gasteiger partial charge is 0.186 e. The van der Waals surface area contributed by atoms with Gasteiger partial charge in [-0.05, 0) is 57.0 Å². The Hall–Kier alpha value is -2.97. The summed E-state index contributed by atoms with van der Waals surface area (Å²) in [6, 6.07) is 9.50. The molecular formula is C24H26N6OS. The van der Waals surface area contributed by atoms with Gasteiger partial charge in [0, 0.05) is 46.2 Å². The molecule has 2 aliphatic rings. The second-order valence-corrected chi connectivity index (χ2v) is 9.76. The minimum absolute atomic E-state index is 0.181. The number of nitrogens with one attached hydrogen (secondary N) is 2. The number of phenolic OH excluding ortho intramolecular Hbond substituents is 1. The molecule has 1 aromatic carbocycles. The van der Waals surface area contributed by atoms with Crippen LogP contribution in [0.4, 0.5) is 5.13 Å². The van der Waals surface area contributed by atoms with E-state index in [2.05, 4.69) is 44.6 Å². The third-order valence-electron chi connectivity index (χ3n) is 6.85. The number of hydrogen-bond acceptors (Lipinski definition) is 7. The number of para-hydroxylation sites is 1. The van der Waals surface area contributed by atoms with Crippen LogP contribution in [0.15, 0.2) is 36.5 Å². The summed E-state index contributed by atoms with van der Waals surface area (Å²) in [6.45, 7) is 5.37. The summed E-state index contributed by atoms with van der Waals surface area (Å²) < 4.78 is 0. The van der Waals surface area contributed by atoms with Crippen molar-refractivity contribution >= 4 is 27.5 Å². The van der Waals surface area contributed by atoms with Crippen LogP contribution in [0.25, 0.3) is 22.3 Å². The Kier molecular flexibility index (Phi) is 4.84. The monoisotopic (exact) mass is 446 g/mol. The first-order valence-electron chi connectivity index (χ1n) is 11.3. The summed E-state index contributed by atoms with van der Waals surface area (Å²) in [7, 11) is 0. The van der Waals surface area contributed by atoms with Crippen molar-refractivity contribution in [3.05, 3.63) is 52.7 Å². The fraction of sp³-hybridized carbons (Fsp3) is 0.375. The number of hydrogen-bond donors (Lipinski definition) is 3. The summed E-state index contributed by atoms with van der Waals surface area (Å²) >= 11 is 1.85. The van der Waals surface area contributed by atoms with Crippen LogP contribution >= 0.6 is 11.3 Å². The molecule has 1 atom stereocenters. The van der Waals surface area contributed by atoms with Gasteiger partial charge in [0.1, 0.15) is 5.75 Å². The Morgan fingerprint density at radius 3 is 2.84 bits per heavy atom. The number of piperidine rings is 1. The summed E-state index contributed by atoms with van der Waals surface area (Å²) in [4.78, 5) is 12.1. The molecule has 0 radical (unpaired) electrons. The van der Waals surface area contributed by atoms with E-state index in [0.717, 1.165) is 42.2 Å². The van der Waals surface area contributed by atoms with Gasteiger partial charge in [-0.2, -0.15) is 0 Å². The van der Waals surface area contributed by atoms with Gasteiger partial charge in [-0.3, -0.25) is 0 Å². The predicted octanol–water partition coefficient (Wildman–Crippen LogP) is 4.38. The Labute approximate surface area is 190 Å². The van der Waals surface area contributed by atoms with Crippen LogP contribution in [0.5, 0.6) is 5.75 Å². The molecule has 6 rings (SSSR count). The first-order valence-corrected chi connectivity index (χ1v) is 12.1. The van der Waals surface area contributed by atoms with Crippen LogP contribution in [0.1, 0.15) is 47.9 Å². The minimum Gasteiger partial charge on any atom is -0.507 e. The first-order chi connectivity index (χ1) is 15.7. The molecule has 7 nitrogen and oxygen atoms in total. The average Bonchev–Trinajstić information content (AvgIpc) is 3.45. The van der Waals surface area contributed by atoms with E-state index in [1.807, 2.05) is 29.5 Å². The van der Waals surface area contributed by atoms with E-state index in [4.69, 9.17) is 4.98 Å². The van der Waals surface area contributed by atoms with Crippen LogP contribution in [-0.4, -0.2) is 44.9 Å². The maximum atomic E-state index is 10.3. The molecule has 1 fully saturated rings. The molecule has 3 N–H and O–H groups in total. The van der Waals surface area contributed by atoms with Crippen molar-refractivity contribution in [3.8, 4) is 17.0 Å². The largest absolute Gasteiger partial charge is 0.507 e. The zero-order chi connectivity index (χ0) is 21.7. The summed E-state index contributed by atoms with van der Waals surface area (Å²) in [5, 5.41) is 24.7. The second-order valence-electron chi connectivity index (χ2n) is 8.72. The van der Waals surface area contributed by atoms with Crippen LogP contribution in [-0.2, 0) is 6.42 Å². The molecule has 3 aromatic heterocycles. The fourth-order valence-corrected chi connectivity index (χ4v) is 6.30. The van der Waals surface area contributed by atoms with Crippen LogP contribution in [0.2, 0.25) is 0 Å². The molecule has 0 saturated carbocycles. The third kappa shape index (κ3) is 3.25. The number of phenols is 1. The van der Waals surface area contributed by atoms with Gasteiger partial charge in [-0.1, -0.05) is 12.1 Å². The summed E-state index contributed by atoms with van der Waals surface area (Å²) in [5.74, 6) is 0.844. The molecule has 0 aliphatic carbocycles. The van der Waals surface area contributed by atoms with E-state index in [0.29, 0.717) is 17.2 Å². The zero-order valence-electron chi connectivity index (χ0n) is 18.0. The molecule has 1 saturated heterocycles.